The molecular weight excluding hydrogens is 959 g/mol. The van der Waals surface area contributed by atoms with E-state index in [2.05, 4.69) is 115 Å². The average Bonchev–Trinajstić information content (AvgIpc) is 3.85. The van der Waals surface area contributed by atoms with Gasteiger partial charge in [-0.25, -0.2) is 14.8 Å². The predicted molar refractivity (Wildman–Crippen MR) is 295 cm³/mol. The zero-order chi connectivity index (χ0) is 53.0. The first-order valence-corrected chi connectivity index (χ1v) is 30.7. The van der Waals surface area contributed by atoms with E-state index in [1.54, 1.807) is 0 Å². The molecule has 11 atom stereocenters. The number of hydrogen-bond acceptors (Lipinski definition) is 9. The molecule has 11 unspecified atom stereocenters. The third-order valence-electron chi connectivity index (χ3n) is 17.3. The number of imidazole rings is 2. The number of carbonyl (C=O) groups excluding carboxylic acids is 3. The number of aliphatic imine (C=N–C) groups is 1. The summed E-state index contributed by atoms with van der Waals surface area (Å²) < 4.78 is 19.2. The fourth-order valence-corrected chi connectivity index (χ4v) is 17.5. The van der Waals surface area contributed by atoms with Gasteiger partial charge in [0.25, 0.3) is 0 Å². The molecule has 6 aromatic rings. The van der Waals surface area contributed by atoms with Crippen LogP contribution in [-0.2, 0) is 19.1 Å². The summed E-state index contributed by atoms with van der Waals surface area (Å²) in [5.74, 6) is 2.86. The molecular formula is C60H75N7O7Si. The zero-order valence-corrected chi connectivity index (χ0v) is 46.2. The average molecular weight is 1030 g/mol. The summed E-state index contributed by atoms with van der Waals surface area (Å²) in [6.07, 6.45) is 7.34. The van der Waals surface area contributed by atoms with E-state index in [1.807, 2.05) is 49.3 Å². The van der Waals surface area contributed by atoms with Crippen LogP contribution in [0.3, 0.4) is 0 Å². The van der Waals surface area contributed by atoms with Gasteiger partial charge in [-0.3, -0.25) is 9.59 Å². The van der Waals surface area contributed by atoms with Crippen LogP contribution < -0.4 is 4.74 Å². The quantitative estimate of drug-likeness (QED) is 0.0513. The van der Waals surface area contributed by atoms with Crippen LogP contribution in [0.15, 0.2) is 90.2 Å². The Hall–Kier alpha value is -6.32. The van der Waals surface area contributed by atoms with Crippen LogP contribution in [0.25, 0.3) is 44.7 Å². The summed E-state index contributed by atoms with van der Waals surface area (Å²) in [7, 11) is 1.05. The lowest BCUT2D eigenvalue weighted by Gasteiger charge is -2.39. The van der Waals surface area contributed by atoms with E-state index in [0.29, 0.717) is 18.3 Å². The first-order valence-electron chi connectivity index (χ1n) is 27.3. The maximum absolute atomic E-state index is 14.2. The lowest BCUT2D eigenvalue weighted by atomic mass is 9.69. The van der Waals surface area contributed by atoms with E-state index in [-0.39, 0.29) is 59.5 Å². The fraction of sp³-hybridized carbons (Fsp3) is 0.500. The molecule has 3 aromatic heterocycles. The van der Waals surface area contributed by atoms with Crippen molar-refractivity contribution in [1.29, 1.82) is 0 Å². The first-order chi connectivity index (χ1) is 36.0. The van der Waals surface area contributed by atoms with E-state index < -0.39 is 32.4 Å². The summed E-state index contributed by atoms with van der Waals surface area (Å²) in [6.45, 7) is 17.7. The first kappa shape index (κ1) is 52.1. The van der Waals surface area contributed by atoms with E-state index in [4.69, 9.17) is 24.2 Å². The van der Waals surface area contributed by atoms with Gasteiger partial charge in [-0.05, 0) is 97.1 Å². The Morgan fingerprint density at radius 1 is 0.880 bits per heavy atom. The molecule has 2 amide bonds. The van der Waals surface area contributed by atoms with Gasteiger partial charge in [0.15, 0.2) is 0 Å². The highest BCUT2D eigenvalue weighted by Gasteiger charge is 2.56. The second kappa shape index (κ2) is 21.0. The molecule has 4 aliphatic rings. The summed E-state index contributed by atoms with van der Waals surface area (Å²) in [6, 6.07) is 27.7. The minimum absolute atomic E-state index is 0.0197. The lowest BCUT2D eigenvalue weighted by Crippen LogP contribution is -2.41. The lowest BCUT2D eigenvalue weighted by molar-refractivity contribution is -0.143. The minimum Gasteiger partial charge on any atom is -0.469 e. The summed E-state index contributed by atoms with van der Waals surface area (Å²) in [5.41, 5.74) is 7.88. The van der Waals surface area contributed by atoms with Crippen LogP contribution in [0.4, 0.5) is 4.79 Å². The van der Waals surface area contributed by atoms with Crippen molar-refractivity contribution >= 4 is 43.2 Å². The third-order valence-corrected chi connectivity index (χ3v) is 20.7. The number of rotatable bonds is 15. The number of nitrogens with one attached hydrogen (secondary N) is 2. The molecule has 14 nitrogen and oxygen atoms in total. The largest absolute Gasteiger partial charge is 0.469 e. The van der Waals surface area contributed by atoms with Crippen molar-refractivity contribution in [1.82, 2.24) is 29.4 Å². The second-order valence-electron chi connectivity index (χ2n) is 23.6. The van der Waals surface area contributed by atoms with Gasteiger partial charge in [0.05, 0.1) is 67.3 Å². The topological polar surface area (TPSA) is 177 Å². The van der Waals surface area contributed by atoms with Gasteiger partial charge in [-0.1, -0.05) is 110 Å². The highest BCUT2D eigenvalue weighted by molar-refractivity contribution is 6.77. The van der Waals surface area contributed by atoms with E-state index in [0.717, 1.165) is 105 Å². The Morgan fingerprint density at radius 3 is 2.28 bits per heavy atom. The molecule has 3 aromatic carbocycles. The number of carbonyl (C=O) groups is 3. The summed E-state index contributed by atoms with van der Waals surface area (Å²) in [4.78, 5) is 61.9. The second-order valence-corrected chi connectivity index (χ2v) is 28.8. The molecule has 1 aliphatic carbocycles. The number of piperidine rings is 1. The number of ether oxygens (including phenoxy) is 3. The smallest absolute Gasteiger partial charge is 0.432 e. The number of benzene rings is 3. The number of aliphatic hydroxyl groups excluding tert-OH is 1. The van der Waals surface area contributed by atoms with Crippen molar-refractivity contribution in [2.75, 3.05) is 14.2 Å². The van der Waals surface area contributed by atoms with Crippen molar-refractivity contribution in [3.63, 3.8) is 0 Å². The highest BCUT2D eigenvalue weighted by Crippen LogP contribution is 2.54. The molecule has 6 heterocycles. The Balaban J connectivity index is 0.933. The molecule has 3 fully saturated rings. The van der Waals surface area contributed by atoms with Crippen LogP contribution in [0, 0.1) is 47.3 Å². The number of fused-ring (bicyclic) bond motifs is 6. The number of H-pyrrole nitrogens is 2. The zero-order valence-electron chi connectivity index (χ0n) is 45.2. The van der Waals surface area contributed by atoms with Gasteiger partial charge >= 0.3 is 12.1 Å². The number of esters is 1. The fourth-order valence-electron chi connectivity index (χ4n) is 13.6. The minimum atomic E-state index is -1.68. The van der Waals surface area contributed by atoms with Gasteiger partial charge in [-0.15, -0.1) is 0 Å². The Morgan fingerprint density at radius 2 is 1.59 bits per heavy atom. The number of aromatic amines is 2. The number of likely N-dealkylation sites (tertiary alicyclic amines) is 1. The van der Waals surface area contributed by atoms with Crippen molar-refractivity contribution in [3.05, 3.63) is 102 Å². The molecule has 1 saturated carbocycles. The molecule has 75 heavy (non-hydrogen) atoms. The number of aromatic nitrogens is 5. The van der Waals surface area contributed by atoms with Gasteiger partial charge < -0.3 is 38.8 Å². The SMILES string of the molecule is CCC(CC(=O)OC)C(C(C)C)C(O)C1CC(c2ncc(-c3ccc4c(c3)cc3n4C(c4ccccc4)Oc4cc(-c5cnc(C6CC7CC7N6C(=O)C(C=NC(=O)OC)C(C)C)[nH]5)ccc4-3)[nH]2)C[Si](C)(C)CC1C. The molecule has 0 bridgehead atoms. The summed E-state index contributed by atoms with van der Waals surface area (Å²) in [5, 5.41) is 13.5. The van der Waals surface area contributed by atoms with Crippen LogP contribution in [0.1, 0.15) is 109 Å². The standard InChI is InChI=1S/C60H75N7O7Si/c1-11-36(27-53(68)72-7)54(34(4)5)55(69)44-22-42(32-75(9,10)31-35(44)6)56-61-29-46(64-56)38-18-20-48-40(21-38)24-50-43-19-17-39(26-52(43)74-59(67(48)50)37-15-13-12-14-16-37)47-30-62-57(65-47)51-25-41-23-49(41)66(51)58(70)45(33(2)3)28-63-60(71)73-8/h12-21,24,26,28-30,33-36,41-42,44-45,49,51,54-55,59,69H,11,22-23,25,27,31-32H2,1-10H3,(H,61,64)(H,62,65). The van der Waals surface area contributed by atoms with E-state index in [9.17, 15) is 19.5 Å². The normalized spacial score (nSPS) is 24.5. The molecule has 2 saturated heterocycles. The van der Waals surface area contributed by atoms with Crippen LogP contribution in [0.2, 0.25) is 25.2 Å². The number of hydrogen-bond donors (Lipinski definition) is 3. The Bertz CT molecular complexity index is 3080. The van der Waals surface area contributed by atoms with Crippen molar-refractivity contribution in [3.8, 4) is 39.5 Å². The maximum atomic E-state index is 14.2. The van der Waals surface area contributed by atoms with Gasteiger partial charge in [-0.2, -0.15) is 4.99 Å². The van der Waals surface area contributed by atoms with Crippen molar-refractivity contribution in [2.24, 2.45) is 52.3 Å². The molecule has 396 valence electrons. The van der Waals surface area contributed by atoms with E-state index in [1.165, 1.54) is 20.4 Å². The van der Waals surface area contributed by atoms with Crippen LogP contribution in [0.5, 0.6) is 5.75 Å². The predicted octanol–water partition coefficient (Wildman–Crippen LogP) is 12.5. The number of methoxy groups -OCH3 is 2. The Labute approximate surface area is 442 Å². The summed E-state index contributed by atoms with van der Waals surface area (Å²) >= 11 is 0. The third kappa shape index (κ3) is 10.3. The van der Waals surface area contributed by atoms with Crippen molar-refractivity contribution < 1.29 is 33.7 Å². The van der Waals surface area contributed by atoms with Crippen molar-refractivity contribution in [2.45, 2.75) is 129 Å². The molecule has 3 N–H and O–H groups in total. The monoisotopic (exact) mass is 1030 g/mol. The van der Waals surface area contributed by atoms with Crippen LogP contribution in [-0.4, -0.2) is 93.1 Å². The van der Waals surface area contributed by atoms with Gasteiger partial charge in [0, 0.05) is 60.3 Å². The van der Waals surface area contributed by atoms with Gasteiger partial charge in [0.1, 0.15) is 17.4 Å². The molecule has 0 spiro atoms. The molecule has 10 rings (SSSR count). The number of amides is 2. The number of nitrogens with zero attached hydrogens (tertiary/aromatic N) is 5. The van der Waals surface area contributed by atoms with Crippen LogP contribution >= 0.6 is 0 Å². The molecule has 15 heteroatoms. The van der Waals surface area contributed by atoms with E-state index >= 15 is 0 Å². The molecule has 0 radical (unpaired) electrons. The Kier molecular flexibility index (Phi) is 14.6. The highest BCUT2D eigenvalue weighted by atomic mass is 28.3. The van der Waals surface area contributed by atoms with Gasteiger partial charge in [0.2, 0.25) is 12.1 Å². The molecule has 3 aliphatic heterocycles. The number of aliphatic hydroxyl groups is 1. The maximum Gasteiger partial charge on any atom is 0.432 e.